The lowest BCUT2D eigenvalue weighted by Crippen LogP contribution is -2.45. The van der Waals surface area contributed by atoms with Crippen LogP contribution in [0.2, 0.25) is 0 Å². The molecule has 112 valence electrons. The highest BCUT2D eigenvalue weighted by Crippen LogP contribution is 2.19. The van der Waals surface area contributed by atoms with Gasteiger partial charge in [0, 0.05) is 6.61 Å². The molecule has 0 aromatic heterocycles. The summed E-state index contributed by atoms with van der Waals surface area (Å²) < 4.78 is 10.3. The second-order valence-electron chi connectivity index (χ2n) is 4.94. The molecule has 0 aliphatic carbocycles. The van der Waals surface area contributed by atoms with Crippen LogP contribution in [-0.2, 0) is 16.0 Å². The van der Waals surface area contributed by atoms with E-state index >= 15 is 0 Å². The predicted molar refractivity (Wildman–Crippen MR) is 76.6 cm³/mol. The summed E-state index contributed by atoms with van der Waals surface area (Å²) in [5, 5.41) is 8.99. The van der Waals surface area contributed by atoms with Gasteiger partial charge in [-0.05, 0) is 37.8 Å². The van der Waals surface area contributed by atoms with Crippen molar-refractivity contribution in [3.05, 3.63) is 29.8 Å². The molecule has 0 radical (unpaired) electrons. The summed E-state index contributed by atoms with van der Waals surface area (Å²) in [6.07, 6.45) is 1.70. The Bertz CT molecular complexity index is 432. The van der Waals surface area contributed by atoms with Crippen LogP contribution in [0.3, 0.4) is 0 Å². The van der Waals surface area contributed by atoms with E-state index in [0.717, 1.165) is 11.3 Å². The first-order chi connectivity index (χ1) is 9.51. The fourth-order valence-electron chi connectivity index (χ4n) is 1.93. The normalized spacial score (nSPS) is 13.6. The smallest absolute Gasteiger partial charge is 0.325 e. The molecule has 0 bridgehead atoms. The minimum Gasteiger partial charge on any atom is -0.493 e. The third-order valence-corrected chi connectivity index (χ3v) is 3.10. The SMILES string of the molecule is COC(=O)C(C)(N)CCCOc1ccccc1CCO. The van der Waals surface area contributed by atoms with Gasteiger partial charge < -0.3 is 20.3 Å². The van der Waals surface area contributed by atoms with E-state index in [9.17, 15) is 4.79 Å². The number of carbonyl (C=O) groups is 1. The Morgan fingerprint density at radius 3 is 2.75 bits per heavy atom. The predicted octanol–water partition coefficient (Wildman–Crippen LogP) is 1.27. The first-order valence-electron chi connectivity index (χ1n) is 6.70. The van der Waals surface area contributed by atoms with Gasteiger partial charge in [0.1, 0.15) is 11.3 Å². The summed E-state index contributed by atoms with van der Waals surface area (Å²) in [4.78, 5) is 11.4. The number of ether oxygens (including phenoxy) is 2. The molecule has 3 N–H and O–H groups in total. The molecule has 1 rings (SSSR count). The number of hydrogen-bond donors (Lipinski definition) is 2. The molecule has 5 heteroatoms. The fraction of sp³-hybridized carbons (Fsp3) is 0.533. The molecule has 0 spiro atoms. The van der Waals surface area contributed by atoms with Gasteiger partial charge in [-0.3, -0.25) is 4.79 Å². The Labute approximate surface area is 119 Å². The maximum atomic E-state index is 11.4. The molecule has 0 fully saturated rings. The monoisotopic (exact) mass is 281 g/mol. The largest absolute Gasteiger partial charge is 0.493 e. The van der Waals surface area contributed by atoms with E-state index in [1.807, 2.05) is 24.3 Å². The fourth-order valence-corrected chi connectivity index (χ4v) is 1.93. The number of hydrogen-bond acceptors (Lipinski definition) is 5. The van der Waals surface area contributed by atoms with Crippen molar-refractivity contribution in [2.75, 3.05) is 20.3 Å². The topological polar surface area (TPSA) is 81.8 Å². The number of carbonyl (C=O) groups excluding carboxylic acids is 1. The van der Waals surface area contributed by atoms with Crippen molar-refractivity contribution in [2.45, 2.75) is 31.7 Å². The van der Waals surface area contributed by atoms with Crippen molar-refractivity contribution >= 4 is 5.97 Å². The average molecular weight is 281 g/mol. The zero-order valence-corrected chi connectivity index (χ0v) is 12.1. The standard InChI is InChI=1S/C15H23NO4/c1-15(16,14(18)19-2)9-5-11-20-13-7-4-3-6-12(13)8-10-17/h3-4,6-7,17H,5,8-11,16H2,1-2H3. The summed E-state index contributed by atoms with van der Waals surface area (Å²) in [5.74, 6) is 0.344. The van der Waals surface area contributed by atoms with E-state index in [1.54, 1.807) is 6.92 Å². The molecule has 0 saturated heterocycles. The molecule has 1 atom stereocenters. The Kier molecular flexibility index (Phi) is 6.48. The zero-order valence-electron chi connectivity index (χ0n) is 12.1. The quantitative estimate of drug-likeness (QED) is 0.554. The molecular formula is C15H23NO4. The third-order valence-electron chi connectivity index (χ3n) is 3.10. The van der Waals surface area contributed by atoms with Crippen LogP contribution in [0.15, 0.2) is 24.3 Å². The second kappa shape index (κ2) is 7.87. The number of aliphatic hydroxyl groups excluding tert-OH is 1. The van der Waals surface area contributed by atoms with Gasteiger partial charge in [-0.15, -0.1) is 0 Å². The molecule has 0 saturated carbocycles. The lowest BCUT2D eigenvalue weighted by atomic mass is 9.98. The first kappa shape index (κ1) is 16.5. The van der Waals surface area contributed by atoms with Gasteiger partial charge in [-0.2, -0.15) is 0 Å². The number of aliphatic hydroxyl groups is 1. The van der Waals surface area contributed by atoms with Crippen LogP contribution in [0, 0.1) is 0 Å². The summed E-state index contributed by atoms with van der Waals surface area (Å²) in [6.45, 7) is 2.20. The minimum atomic E-state index is -0.983. The summed E-state index contributed by atoms with van der Waals surface area (Å²) >= 11 is 0. The van der Waals surface area contributed by atoms with Gasteiger partial charge in [0.25, 0.3) is 0 Å². The van der Waals surface area contributed by atoms with Crippen molar-refractivity contribution < 1.29 is 19.4 Å². The number of para-hydroxylation sites is 1. The Balaban J connectivity index is 2.43. The molecule has 5 nitrogen and oxygen atoms in total. The van der Waals surface area contributed by atoms with Crippen molar-refractivity contribution in [3.63, 3.8) is 0 Å². The van der Waals surface area contributed by atoms with Crippen LogP contribution in [0.25, 0.3) is 0 Å². The first-order valence-corrected chi connectivity index (χ1v) is 6.70. The molecular weight excluding hydrogens is 258 g/mol. The second-order valence-corrected chi connectivity index (χ2v) is 4.94. The number of benzene rings is 1. The number of esters is 1. The highest BCUT2D eigenvalue weighted by Gasteiger charge is 2.28. The summed E-state index contributed by atoms with van der Waals surface area (Å²) in [7, 11) is 1.33. The van der Waals surface area contributed by atoms with Crippen molar-refractivity contribution in [3.8, 4) is 5.75 Å². The Morgan fingerprint density at radius 2 is 2.10 bits per heavy atom. The van der Waals surface area contributed by atoms with E-state index in [2.05, 4.69) is 4.74 Å². The molecule has 1 aromatic rings. The van der Waals surface area contributed by atoms with Gasteiger partial charge in [0.2, 0.25) is 0 Å². The van der Waals surface area contributed by atoms with Crippen LogP contribution in [-0.4, -0.2) is 36.9 Å². The third kappa shape index (κ3) is 4.83. The van der Waals surface area contributed by atoms with Gasteiger partial charge >= 0.3 is 5.97 Å². The number of nitrogens with two attached hydrogens (primary N) is 1. The number of rotatable bonds is 8. The molecule has 1 unspecified atom stereocenters. The van der Waals surface area contributed by atoms with Crippen LogP contribution in [0.1, 0.15) is 25.3 Å². The maximum absolute atomic E-state index is 11.4. The van der Waals surface area contributed by atoms with E-state index < -0.39 is 11.5 Å². The highest BCUT2D eigenvalue weighted by molar-refractivity contribution is 5.79. The molecule has 0 heterocycles. The average Bonchev–Trinajstić information content (AvgIpc) is 2.44. The lowest BCUT2D eigenvalue weighted by molar-refractivity contribution is -0.146. The summed E-state index contributed by atoms with van der Waals surface area (Å²) in [5.41, 5.74) is 5.85. The molecule has 20 heavy (non-hydrogen) atoms. The van der Waals surface area contributed by atoms with Crippen LogP contribution in [0.5, 0.6) is 5.75 Å². The van der Waals surface area contributed by atoms with Crippen LogP contribution < -0.4 is 10.5 Å². The van der Waals surface area contributed by atoms with Gasteiger partial charge in [-0.1, -0.05) is 18.2 Å². The molecule has 0 amide bonds. The number of methoxy groups -OCH3 is 1. The van der Waals surface area contributed by atoms with E-state index in [4.69, 9.17) is 15.6 Å². The Hall–Kier alpha value is -1.59. The van der Waals surface area contributed by atoms with Crippen LogP contribution >= 0.6 is 0 Å². The molecule has 1 aromatic carbocycles. The van der Waals surface area contributed by atoms with Crippen molar-refractivity contribution in [2.24, 2.45) is 5.73 Å². The van der Waals surface area contributed by atoms with Crippen molar-refractivity contribution in [1.29, 1.82) is 0 Å². The zero-order chi connectivity index (χ0) is 15.0. The molecule has 0 aliphatic heterocycles. The highest BCUT2D eigenvalue weighted by atomic mass is 16.5. The van der Waals surface area contributed by atoms with E-state index in [-0.39, 0.29) is 6.61 Å². The van der Waals surface area contributed by atoms with Crippen molar-refractivity contribution in [1.82, 2.24) is 0 Å². The minimum absolute atomic E-state index is 0.0869. The lowest BCUT2D eigenvalue weighted by Gasteiger charge is -2.21. The van der Waals surface area contributed by atoms with E-state index in [0.29, 0.717) is 25.9 Å². The maximum Gasteiger partial charge on any atom is 0.325 e. The Morgan fingerprint density at radius 1 is 1.40 bits per heavy atom. The summed E-state index contributed by atoms with van der Waals surface area (Å²) in [6, 6.07) is 7.59. The van der Waals surface area contributed by atoms with Gasteiger partial charge in [-0.25, -0.2) is 0 Å². The van der Waals surface area contributed by atoms with Gasteiger partial charge in [0.15, 0.2) is 0 Å². The van der Waals surface area contributed by atoms with E-state index in [1.165, 1.54) is 7.11 Å². The molecule has 0 aliphatic rings. The van der Waals surface area contributed by atoms with Crippen LogP contribution in [0.4, 0.5) is 0 Å². The van der Waals surface area contributed by atoms with Gasteiger partial charge in [0.05, 0.1) is 13.7 Å².